The van der Waals surface area contributed by atoms with Crippen LogP contribution < -0.4 is 0 Å². The lowest BCUT2D eigenvalue weighted by Crippen LogP contribution is -2.47. The van der Waals surface area contributed by atoms with Crippen molar-refractivity contribution in [1.29, 1.82) is 0 Å². The molecule has 4 atom stereocenters. The Kier molecular flexibility index (Phi) is 4.46. The number of ether oxygens (including phenoxy) is 2. The molecule has 0 bridgehead atoms. The number of aliphatic hydroxyl groups excluding tert-OH is 2. The van der Waals surface area contributed by atoms with Crippen LogP contribution in [0.3, 0.4) is 0 Å². The lowest BCUT2D eigenvalue weighted by Gasteiger charge is -2.35. The van der Waals surface area contributed by atoms with E-state index in [1.54, 1.807) is 6.92 Å². The van der Waals surface area contributed by atoms with Gasteiger partial charge in [0.1, 0.15) is 6.10 Å². The van der Waals surface area contributed by atoms with Gasteiger partial charge in [-0.25, -0.2) is 0 Å². The second kappa shape index (κ2) is 5.41. The zero-order chi connectivity index (χ0) is 11.4. The second-order valence-corrected chi connectivity index (χ2v) is 3.59. The molecule has 0 aromatic carbocycles. The molecule has 0 aromatic heterocycles. The first-order valence-corrected chi connectivity index (χ1v) is 4.85. The van der Waals surface area contributed by atoms with Crippen LogP contribution in [0.4, 0.5) is 0 Å². The quantitative estimate of drug-likeness (QED) is 0.581. The van der Waals surface area contributed by atoms with Gasteiger partial charge < -0.3 is 24.8 Å². The van der Waals surface area contributed by atoms with Crippen LogP contribution in [0.25, 0.3) is 0 Å². The number of rotatable bonds is 4. The summed E-state index contributed by atoms with van der Waals surface area (Å²) in [7, 11) is 0. The zero-order valence-corrected chi connectivity index (χ0v) is 8.50. The summed E-state index contributed by atoms with van der Waals surface area (Å²) in [5.41, 5.74) is 0. The molecule has 88 valence electrons. The Labute approximate surface area is 87.4 Å². The van der Waals surface area contributed by atoms with Gasteiger partial charge >= 0.3 is 5.97 Å². The number of aliphatic carboxylic acids is 1. The van der Waals surface area contributed by atoms with Crippen LogP contribution >= 0.6 is 0 Å². The van der Waals surface area contributed by atoms with Crippen molar-refractivity contribution in [2.75, 3.05) is 6.61 Å². The Morgan fingerprint density at radius 2 is 2.13 bits per heavy atom. The number of hydrogen-bond acceptors (Lipinski definition) is 5. The van der Waals surface area contributed by atoms with Gasteiger partial charge in [-0.3, -0.25) is 4.79 Å². The summed E-state index contributed by atoms with van der Waals surface area (Å²) in [6.07, 6.45) is -2.84. The molecule has 0 saturated carbocycles. The molecule has 6 heteroatoms. The number of hydrogen-bond donors (Lipinski definition) is 3. The van der Waals surface area contributed by atoms with E-state index in [1.165, 1.54) is 0 Å². The van der Waals surface area contributed by atoms with Crippen LogP contribution in [-0.2, 0) is 14.3 Å². The van der Waals surface area contributed by atoms with Gasteiger partial charge in [0.2, 0.25) is 0 Å². The second-order valence-electron chi connectivity index (χ2n) is 3.59. The van der Waals surface area contributed by atoms with Crippen LogP contribution in [0.15, 0.2) is 0 Å². The number of carboxylic acid groups (broad SMARTS) is 1. The number of carbonyl (C=O) groups is 1. The molecule has 1 fully saturated rings. The average Bonchev–Trinajstić information content (AvgIpc) is 2.13. The van der Waals surface area contributed by atoms with Crippen molar-refractivity contribution in [1.82, 2.24) is 0 Å². The van der Waals surface area contributed by atoms with Gasteiger partial charge in [0.15, 0.2) is 6.29 Å². The van der Waals surface area contributed by atoms with E-state index in [9.17, 15) is 15.0 Å². The van der Waals surface area contributed by atoms with E-state index >= 15 is 0 Å². The highest BCUT2D eigenvalue weighted by molar-refractivity contribution is 5.66. The molecule has 1 aliphatic rings. The maximum absolute atomic E-state index is 10.2. The first kappa shape index (κ1) is 12.4. The Hall–Kier alpha value is -0.690. The molecule has 15 heavy (non-hydrogen) atoms. The van der Waals surface area contributed by atoms with Gasteiger partial charge in [0, 0.05) is 6.42 Å². The van der Waals surface area contributed by atoms with Crippen molar-refractivity contribution in [3.8, 4) is 0 Å². The topological polar surface area (TPSA) is 96.2 Å². The Balaban J connectivity index is 2.31. The molecule has 0 amide bonds. The minimum absolute atomic E-state index is 0.0140. The van der Waals surface area contributed by atoms with Gasteiger partial charge in [0.05, 0.1) is 25.2 Å². The fourth-order valence-electron chi connectivity index (χ4n) is 1.36. The van der Waals surface area contributed by atoms with Crippen LogP contribution in [0.5, 0.6) is 0 Å². The minimum atomic E-state index is -0.964. The summed E-state index contributed by atoms with van der Waals surface area (Å²) in [5.74, 6) is -0.964. The van der Waals surface area contributed by atoms with Crippen molar-refractivity contribution in [3.63, 3.8) is 0 Å². The zero-order valence-electron chi connectivity index (χ0n) is 8.50. The van der Waals surface area contributed by atoms with Crippen LogP contribution in [-0.4, -0.2) is 52.5 Å². The Bertz CT molecular complexity index is 219. The lowest BCUT2D eigenvalue weighted by atomic mass is 10.0. The van der Waals surface area contributed by atoms with Crippen molar-refractivity contribution < 1.29 is 29.6 Å². The third-order valence-electron chi connectivity index (χ3n) is 2.29. The van der Waals surface area contributed by atoms with Gasteiger partial charge in [-0.1, -0.05) is 0 Å². The molecule has 0 aliphatic carbocycles. The van der Waals surface area contributed by atoms with Crippen molar-refractivity contribution in [2.24, 2.45) is 0 Å². The molecule has 3 N–H and O–H groups in total. The Morgan fingerprint density at radius 1 is 1.47 bits per heavy atom. The van der Waals surface area contributed by atoms with E-state index in [0.717, 1.165) is 0 Å². The predicted octanol–water partition coefficient (Wildman–Crippen LogP) is -0.666. The smallest absolute Gasteiger partial charge is 0.305 e. The fourth-order valence-corrected chi connectivity index (χ4v) is 1.36. The Morgan fingerprint density at radius 3 is 2.73 bits per heavy atom. The van der Waals surface area contributed by atoms with E-state index in [4.69, 9.17) is 14.6 Å². The highest BCUT2D eigenvalue weighted by Gasteiger charge is 2.34. The molecule has 6 nitrogen and oxygen atoms in total. The third kappa shape index (κ3) is 3.75. The third-order valence-corrected chi connectivity index (χ3v) is 2.29. The summed E-state index contributed by atoms with van der Waals surface area (Å²) in [4.78, 5) is 10.2. The molecule has 0 spiro atoms. The molecule has 1 aliphatic heterocycles. The van der Waals surface area contributed by atoms with Crippen molar-refractivity contribution in [3.05, 3.63) is 0 Å². The standard InChI is InChI=1S/C9H16O6/c1-5-6(10)4-7(11)9(15-5)14-3-2-8(12)13/h5-7,9-11H,2-4H2,1H3,(H,12,13)/t5?,6-,7?,9-/m1/s1. The average molecular weight is 220 g/mol. The molecular weight excluding hydrogens is 204 g/mol. The summed E-state index contributed by atoms with van der Waals surface area (Å²) in [5, 5.41) is 27.2. The van der Waals surface area contributed by atoms with E-state index in [2.05, 4.69) is 0 Å². The summed E-state index contributed by atoms with van der Waals surface area (Å²) >= 11 is 0. The molecule has 1 rings (SSSR count). The van der Waals surface area contributed by atoms with Crippen LogP contribution in [0, 0.1) is 0 Å². The summed E-state index contributed by atoms with van der Waals surface area (Å²) in [6.45, 7) is 1.66. The molecule has 1 heterocycles. The number of carboxylic acids is 1. The maximum Gasteiger partial charge on any atom is 0.305 e. The first-order valence-electron chi connectivity index (χ1n) is 4.85. The summed E-state index contributed by atoms with van der Waals surface area (Å²) < 4.78 is 10.2. The lowest BCUT2D eigenvalue weighted by molar-refractivity contribution is -0.260. The monoisotopic (exact) mass is 220 g/mol. The molecule has 2 unspecified atom stereocenters. The SMILES string of the molecule is CC1O[C@@H](OCCC(=O)O)C(O)C[C@H]1O. The van der Waals surface area contributed by atoms with Gasteiger partial charge in [-0.2, -0.15) is 0 Å². The maximum atomic E-state index is 10.2. The minimum Gasteiger partial charge on any atom is -0.481 e. The van der Waals surface area contributed by atoms with Crippen LogP contribution in [0.1, 0.15) is 19.8 Å². The molecule has 0 aromatic rings. The largest absolute Gasteiger partial charge is 0.481 e. The van der Waals surface area contributed by atoms with Gasteiger partial charge in [0.25, 0.3) is 0 Å². The summed E-state index contributed by atoms with van der Waals surface area (Å²) in [6, 6.07) is 0. The van der Waals surface area contributed by atoms with Crippen LogP contribution in [0.2, 0.25) is 0 Å². The van der Waals surface area contributed by atoms with E-state index in [1.807, 2.05) is 0 Å². The fraction of sp³-hybridized carbons (Fsp3) is 0.889. The van der Waals surface area contributed by atoms with E-state index in [0.29, 0.717) is 0 Å². The number of aliphatic hydroxyl groups is 2. The normalized spacial score (nSPS) is 36.5. The molecule has 1 saturated heterocycles. The van der Waals surface area contributed by atoms with E-state index in [-0.39, 0.29) is 19.4 Å². The highest BCUT2D eigenvalue weighted by Crippen LogP contribution is 2.20. The molecule has 0 radical (unpaired) electrons. The highest BCUT2D eigenvalue weighted by atomic mass is 16.7. The molecular formula is C9H16O6. The van der Waals surface area contributed by atoms with Gasteiger partial charge in [-0.15, -0.1) is 0 Å². The van der Waals surface area contributed by atoms with Gasteiger partial charge in [-0.05, 0) is 6.92 Å². The van der Waals surface area contributed by atoms with E-state index < -0.39 is 30.6 Å². The first-order chi connectivity index (χ1) is 7.00. The van der Waals surface area contributed by atoms with Crippen molar-refractivity contribution in [2.45, 2.75) is 44.4 Å². The van der Waals surface area contributed by atoms with Crippen molar-refractivity contribution >= 4 is 5.97 Å². The predicted molar refractivity (Wildman–Crippen MR) is 49.2 cm³/mol.